The lowest BCUT2D eigenvalue weighted by atomic mass is 10.1. The Bertz CT molecular complexity index is 715. The van der Waals surface area contributed by atoms with Crippen LogP contribution in [-0.2, 0) is 13.1 Å². The van der Waals surface area contributed by atoms with Gasteiger partial charge in [-0.1, -0.05) is 42.5 Å². The average molecular weight is 305 g/mol. The van der Waals surface area contributed by atoms with Crippen molar-refractivity contribution in [3.63, 3.8) is 0 Å². The summed E-state index contributed by atoms with van der Waals surface area (Å²) in [5.41, 5.74) is 2.42. The first-order valence-electron chi connectivity index (χ1n) is 7.54. The quantitative estimate of drug-likeness (QED) is 0.696. The van der Waals surface area contributed by atoms with E-state index in [2.05, 4.69) is 39.1 Å². The molecule has 4 nitrogen and oxygen atoms in total. The zero-order chi connectivity index (χ0) is 15.9. The lowest BCUT2D eigenvalue weighted by molar-refractivity contribution is 0.414. The topological polar surface area (TPSA) is 38.2 Å². The summed E-state index contributed by atoms with van der Waals surface area (Å²) in [7, 11) is 1.68. The Morgan fingerprint density at radius 1 is 0.783 bits per heavy atom. The van der Waals surface area contributed by atoms with Crippen LogP contribution in [0.1, 0.15) is 11.1 Å². The molecule has 3 aromatic rings. The van der Waals surface area contributed by atoms with Gasteiger partial charge in [-0.2, -0.15) is 0 Å². The Morgan fingerprint density at radius 2 is 1.39 bits per heavy atom. The molecule has 1 aromatic heterocycles. The lowest BCUT2D eigenvalue weighted by Gasteiger charge is -2.22. The van der Waals surface area contributed by atoms with E-state index in [1.807, 2.05) is 36.4 Å². The zero-order valence-electron chi connectivity index (χ0n) is 13.1. The first kappa shape index (κ1) is 15.0. The van der Waals surface area contributed by atoms with Crippen LogP contribution in [0.4, 0.5) is 5.95 Å². The van der Waals surface area contributed by atoms with Crippen LogP contribution in [0.15, 0.2) is 73.1 Å². The van der Waals surface area contributed by atoms with Crippen molar-refractivity contribution in [2.45, 2.75) is 13.1 Å². The predicted molar refractivity (Wildman–Crippen MR) is 91.4 cm³/mol. The van der Waals surface area contributed by atoms with E-state index >= 15 is 0 Å². The smallest absolute Gasteiger partial charge is 0.225 e. The highest BCUT2D eigenvalue weighted by molar-refractivity contribution is 5.35. The molecule has 0 spiro atoms. The summed E-state index contributed by atoms with van der Waals surface area (Å²) in [6.07, 6.45) is 3.54. The Balaban J connectivity index is 1.82. The minimum Gasteiger partial charge on any atom is -0.497 e. The first-order chi connectivity index (χ1) is 11.3. The van der Waals surface area contributed by atoms with Gasteiger partial charge in [0.25, 0.3) is 0 Å². The highest BCUT2D eigenvalue weighted by Crippen LogP contribution is 2.18. The molecular weight excluding hydrogens is 286 g/mol. The summed E-state index contributed by atoms with van der Waals surface area (Å²) < 4.78 is 5.22. The second-order valence-electron chi connectivity index (χ2n) is 5.24. The molecule has 23 heavy (non-hydrogen) atoms. The third-order valence-electron chi connectivity index (χ3n) is 3.58. The standard InChI is InChI=1S/C19H19N3O/c1-23-18-10-8-17(9-11-18)15-22(19-20-12-5-13-21-19)14-16-6-3-2-4-7-16/h2-13H,14-15H2,1H3. The summed E-state index contributed by atoms with van der Waals surface area (Å²) in [6.45, 7) is 1.50. The van der Waals surface area contributed by atoms with E-state index in [4.69, 9.17) is 4.74 Å². The number of ether oxygens (including phenoxy) is 1. The van der Waals surface area contributed by atoms with Gasteiger partial charge in [0.2, 0.25) is 5.95 Å². The molecule has 0 bridgehead atoms. The highest BCUT2D eigenvalue weighted by atomic mass is 16.5. The van der Waals surface area contributed by atoms with E-state index < -0.39 is 0 Å². The SMILES string of the molecule is COc1ccc(CN(Cc2ccccc2)c2ncccn2)cc1. The predicted octanol–water partition coefficient (Wildman–Crippen LogP) is 3.69. The molecule has 1 heterocycles. The van der Waals surface area contributed by atoms with Crippen LogP contribution in [0.3, 0.4) is 0 Å². The fourth-order valence-corrected chi connectivity index (χ4v) is 2.41. The van der Waals surface area contributed by atoms with Crippen molar-refractivity contribution in [2.24, 2.45) is 0 Å². The van der Waals surface area contributed by atoms with E-state index in [-0.39, 0.29) is 0 Å². The maximum Gasteiger partial charge on any atom is 0.225 e. The third kappa shape index (κ3) is 4.07. The van der Waals surface area contributed by atoms with Crippen molar-refractivity contribution in [3.05, 3.63) is 84.2 Å². The minimum atomic E-state index is 0.729. The van der Waals surface area contributed by atoms with Crippen molar-refractivity contribution in [1.82, 2.24) is 9.97 Å². The second kappa shape index (κ2) is 7.40. The number of aromatic nitrogens is 2. The highest BCUT2D eigenvalue weighted by Gasteiger charge is 2.11. The largest absolute Gasteiger partial charge is 0.497 e. The number of rotatable bonds is 6. The number of benzene rings is 2. The van der Waals surface area contributed by atoms with Gasteiger partial charge < -0.3 is 9.64 Å². The Hall–Kier alpha value is -2.88. The second-order valence-corrected chi connectivity index (χ2v) is 5.24. The van der Waals surface area contributed by atoms with Crippen LogP contribution in [0.25, 0.3) is 0 Å². The van der Waals surface area contributed by atoms with Crippen molar-refractivity contribution >= 4 is 5.95 Å². The molecule has 0 atom stereocenters. The van der Waals surface area contributed by atoms with Gasteiger partial charge in [-0.25, -0.2) is 9.97 Å². The summed E-state index contributed by atoms with van der Waals surface area (Å²) in [4.78, 5) is 11.0. The summed E-state index contributed by atoms with van der Waals surface area (Å²) >= 11 is 0. The van der Waals surface area contributed by atoms with Crippen LogP contribution in [0.5, 0.6) is 5.75 Å². The van der Waals surface area contributed by atoms with Crippen LogP contribution < -0.4 is 9.64 Å². The van der Waals surface area contributed by atoms with Crippen LogP contribution in [0.2, 0.25) is 0 Å². The van der Waals surface area contributed by atoms with E-state index in [0.29, 0.717) is 0 Å². The van der Waals surface area contributed by atoms with Crippen molar-refractivity contribution < 1.29 is 4.74 Å². The Morgan fingerprint density at radius 3 is 2.00 bits per heavy atom. The number of anilines is 1. The molecule has 0 fully saturated rings. The fourth-order valence-electron chi connectivity index (χ4n) is 2.41. The van der Waals surface area contributed by atoms with Crippen molar-refractivity contribution in [3.8, 4) is 5.75 Å². The molecule has 116 valence electrons. The molecule has 0 unspecified atom stereocenters. The molecule has 0 amide bonds. The molecule has 3 rings (SSSR count). The molecule has 0 aliphatic heterocycles. The number of hydrogen-bond donors (Lipinski definition) is 0. The summed E-state index contributed by atoms with van der Waals surface area (Å²) in [5, 5.41) is 0. The number of hydrogen-bond acceptors (Lipinski definition) is 4. The lowest BCUT2D eigenvalue weighted by Crippen LogP contribution is -2.24. The van der Waals surface area contributed by atoms with Gasteiger partial charge in [0, 0.05) is 25.5 Å². The van der Waals surface area contributed by atoms with Crippen LogP contribution in [-0.4, -0.2) is 17.1 Å². The van der Waals surface area contributed by atoms with Gasteiger partial charge in [-0.05, 0) is 29.3 Å². The van der Waals surface area contributed by atoms with Crippen LogP contribution in [0, 0.1) is 0 Å². The summed E-state index contributed by atoms with van der Waals surface area (Å²) in [5.74, 6) is 1.59. The van der Waals surface area contributed by atoms with Gasteiger partial charge in [0.15, 0.2) is 0 Å². The fraction of sp³-hybridized carbons (Fsp3) is 0.158. The molecule has 2 aromatic carbocycles. The van der Waals surface area contributed by atoms with E-state index in [9.17, 15) is 0 Å². The van der Waals surface area contributed by atoms with Crippen molar-refractivity contribution in [2.75, 3.05) is 12.0 Å². The van der Waals surface area contributed by atoms with Gasteiger partial charge in [-0.15, -0.1) is 0 Å². The monoisotopic (exact) mass is 305 g/mol. The molecule has 0 saturated carbocycles. The average Bonchev–Trinajstić information content (AvgIpc) is 2.63. The summed E-state index contributed by atoms with van der Waals surface area (Å²) in [6, 6.07) is 20.3. The molecular formula is C19H19N3O. The number of methoxy groups -OCH3 is 1. The maximum absolute atomic E-state index is 5.22. The van der Waals surface area contributed by atoms with Gasteiger partial charge >= 0.3 is 0 Å². The van der Waals surface area contributed by atoms with E-state index in [0.717, 1.165) is 24.8 Å². The third-order valence-corrected chi connectivity index (χ3v) is 3.58. The molecule has 4 heteroatoms. The van der Waals surface area contributed by atoms with E-state index in [1.54, 1.807) is 19.5 Å². The van der Waals surface area contributed by atoms with Crippen LogP contribution >= 0.6 is 0 Å². The zero-order valence-corrected chi connectivity index (χ0v) is 13.1. The van der Waals surface area contributed by atoms with Gasteiger partial charge in [-0.3, -0.25) is 0 Å². The first-order valence-corrected chi connectivity index (χ1v) is 7.54. The molecule has 0 aliphatic carbocycles. The Kier molecular flexibility index (Phi) is 4.84. The molecule has 0 N–H and O–H groups in total. The number of nitrogens with zero attached hydrogens (tertiary/aromatic N) is 3. The van der Waals surface area contributed by atoms with E-state index in [1.165, 1.54) is 11.1 Å². The minimum absolute atomic E-state index is 0.729. The van der Waals surface area contributed by atoms with Gasteiger partial charge in [0.1, 0.15) is 5.75 Å². The maximum atomic E-state index is 5.22. The normalized spacial score (nSPS) is 10.3. The Labute approximate surface area is 136 Å². The molecule has 0 radical (unpaired) electrons. The van der Waals surface area contributed by atoms with Crippen molar-refractivity contribution in [1.29, 1.82) is 0 Å². The molecule has 0 saturated heterocycles. The van der Waals surface area contributed by atoms with Gasteiger partial charge in [0.05, 0.1) is 7.11 Å². The molecule has 0 aliphatic rings.